The second-order valence-corrected chi connectivity index (χ2v) is 8.04. The summed E-state index contributed by atoms with van der Waals surface area (Å²) in [5.74, 6) is 0.302. The quantitative estimate of drug-likeness (QED) is 0.542. The van der Waals surface area contributed by atoms with Gasteiger partial charge < -0.3 is 9.73 Å². The minimum Gasteiger partial charge on any atom is -0.468 e. The van der Waals surface area contributed by atoms with Crippen LogP contribution in [-0.4, -0.2) is 20.9 Å². The first-order chi connectivity index (χ1) is 13.5. The zero-order valence-corrected chi connectivity index (χ0v) is 16.1. The van der Waals surface area contributed by atoms with Gasteiger partial charge in [-0.2, -0.15) is 0 Å². The molecule has 3 aromatic rings. The number of nitrogens with one attached hydrogen (secondary N) is 2. The topological polar surface area (TPSA) is 88.4 Å². The zero-order valence-electron chi connectivity index (χ0n) is 15.3. The highest BCUT2D eigenvalue weighted by Gasteiger charge is 2.15. The summed E-state index contributed by atoms with van der Waals surface area (Å²) in [6.45, 7) is 0.622. The molecule has 0 saturated heterocycles. The number of furan rings is 1. The Hall–Kier alpha value is -2.90. The van der Waals surface area contributed by atoms with Crippen molar-refractivity contribution >= 4 is 15.9 Å². The maximum absolute atomic E-state index is 12.3. The van der Waals surface area contributed by atoms with Crippen molar-refractivity contribution in [3.05, 3.63) is 89.9 Å². The van der Waals surface area contributed by atoms with Crippen molar-refractivity contribution in [2.24, 2.45) is 0 Å². The van der Waals surface area contributed by atoms with Crippen LogP contribution >= 0.6 is 0 Å². The first kappa shape index (κ1) is 19.9. The summed E-state index contributed by atoms with van der Waals surface area (Å²) in [6, 6.07) is 19.3. The predicted octanol–water partition coefficient (Wildman–Crippen LogP) is 3.12. The van der Waals surface area contributed by atoms with Gasteiger partial charge in [-0.1, -0.05) is 30.3 Å². The molecule has 0 bridgehead atoms. The number of carbonyl (C=O) groups is 1. The molecular formula is C21H22N2O4S. The highest BCUT2D eigenvalue weighted by atomic mass is 32.2. The maximum atomic E-state index is 12.3. The van der Waals surface area contributed by atoms with Gasteiger partial charge in [-0.15, -0.1) is 0 Å². The molecule has 0 aliphatic carbocycles. The number of amides is 1. The fourth-order valence-corrected chi connectivity index (χ4v) is 3.68. The number of hydrogen-bond donors (Lipinski definition) is 2. The predicted molar refractivity (Wildman–Crippen MR) is 106 cm³/mol. The van der Waals surface area contributed by atoms with Gasteiger partial charge in [-0.3, -0.25) is 4.79 Å². The fraction of sp³-hybridized carbons (Fsp3) is 0.190. The number of aryl methyl sites for hydroxylation is 1. The summed E-state index contributed by atoms with van der Waals surface area (Å²) in [7, 11) is -3.67. The molecule has 0 spiro atoms. The Morgan fingerprint density at radius 3 is 2.36 bits per heavy atom. The van der Waals surface area contributed by atoms with Gasteiger partial charge in [0.1, 0.15) is 5.76 Å². The monoisotopic (exact) mass is 398 g/mol. The zero-order chi connectivity index (χ0) is 19.8. The van der Waals surface area contributed by atoms with Crippen molar-refractivity contribution in [2.75, 3.05) is 6.54 Å². The van der Waals surface area contributed by atoms with E-state index in [9.17, 15) is 13.2 Å². The van der Waals surface area contributed by atoms with Crippen molar-refractivity contribution in [3.8, 4) is 0 Å². The van der Waals surface area contributed by atoms with E-state index in [4.69, 9.17) is 4.42 Å². The standard InChI is InChI=1S/C21H22N2O4S/c24-21(22-14-4-8-17-6-2-1-3-7-17)18-10-12-20(13-11-18)28(25,26)23-16-19-9-5-15-27-19/h1-3,5-7,9-13,15,23H,4,8,14,16H2,(H,22,24). The molecular weight excluding hydrogens is 376 g/mol. The van der Waals surface area contributed by atoms with Crippen LogP contribution in [0.15, 0.2) is 82.3 Å². The van der Waals surface area contributed by atoms with E-state index in [1.165, 1.54) is 36.1 Å². The number of sulfonamides is 1. The first-order valence-electron chi connectivity index (χ1n) is 8.99. The van der Waals surface area contributed by atoms with Gasteiger partial charge in [-0.25, -0.2) is 13.1 Å². The SMILES string of the molecule is O=C(NCCCc1ccccc1)c1ccc(S(=O)(=O)NCc2ccco2)cc1. The van der Waals surface area contributed by atoms with Crippen molar-refractivity contribution in [3.63, 3.8) is 0 Å². The van der Waals surface area contributed by atoms with E-state index in [1.54, 1.807) is 12.1 Å². The van der Waals surface area contributed by atoms with Gasteiger partial charge in [0, 0.05) is 12.1 Å². The van der Waals surface area contributed by atoms with E-state index < -0.39 is 10.0 Å². The van der Waals surface area contributed by atoms with Crippen LogP contribution < -0.4 is 10.0 Å². The molecule has 0 radical (unpaired) electrons. The van der Waals surface area contributed by atoms with E-state index in [2.05, 4.69) is 22.2 Å². The molecule has 6 nitrogen and oxygen atoms in total. The Morgan fingerprint density at radius 2 is 1.68 bits per heavy atom. The van der Waals surface area contributed by atoms with Gasteiger partial charge in [-0.05, 0) is 54.8 Å². The van der Waals surface area contributed by atoms with Crippen molar-refractivity contribution in [2.45, 2.75) is 24.3 Å². The summed E-state index contributed by atoms with van der Waals surface area (Å²) in [5, 5.41) is 2.85. The summed E-state index contributed by atoms with van der Waals surface area (Å²) in [6.07, 6.45) is 3.20. The molecule has 0 aliphatic rings. The van der Waals surface area contributed by atoms with Crippen LogP contribution in [0.1, 0.15) is 28.1 Å². The van der Waals surface area contributed by atoms with Crippen LogP contribution in [0.5, 0.6) is 0 Å². The first-order valence-corrected chi connectivity index (χ1v) is 10.5. The third-order valence-corrected chi connectivity index (χ3v) is 5.63. The van der Waals surface area contributed by atoms with Crippen molar-refractivity contribution in [1.29, 1.82) is 0 Å². The Labute approximate surface area is 164 Å². The normalized spacial score (nSPS) is 11.3. The van der Waals surface area contributed by atoms with E-state index in [1.807, 2.05) is 18.2 Å². The van der Waals surface area contributed by atoms with Gasteiger partial charge in [0.05, 0.1) is 17.7 Å². The van der Waals surface area contributed by atoms with E-state index in [-0.39, 0.29) is 17.3 Å². The van der Waals surface area contributed by atoms with Crippen LogP contribution in [-0.2, 0) is 23.0 Å². The van der Waals surface area contributed by atoms with Crippen LogP contribution in [0.2, 0.25) is 0 Å². The molecule has 0 aliphatic heterocycles. The lowest BCUT2D eigenvalue weighted by Crippen LogP contribution is -2.25. The summed E-state index contributed by atoms with van der Waals surface area (Å²) in [4.78, 5) is 12.3. The Balaban J connectivity index is 1.49. The number of carbonyl (C=O) groups excluding carboxylic acids is 1. The summed E-state index contributed by atoms with van der Waals surface area (Å²) >= 11 is 0. The third-order valence-electron chi connectivity index (χ3n) is 4.21. The molecule has 3 rings (SSSR count). The molecule has 146 valence electrons. The summed E-state index contributed by atoms with van der Waals surface area (Å²) in [5.41, 5.74) is 1.65. The van der Waals surface area contributed by atoms with Gasteiger partial charge in [0.15, 0.2) is 0 Å². The lowest BCUT2D eigenvalue weighted by molar-refractivity contribution is 0.0953. The van der Waals surface area contributed by atoms with E-state index in [0.717, 1.165) is 12.8 Å². The minimum absolute atomic E-state index is 0.0684. The van der Waals surface area contributed by atoms with Crippen LogP contribution in [0.25, 0.3) is 0 Å². The molecule has 2 aromatic carbocycles. The molecule has 1 amide bonds. The number of rotatable bonds is 9. The molecule has 0 saturated carbocycles. The van der Waals surface area contributed by atoms with Gasteiger partial charge >= 0.3 is 0 Å². The highest BCUT2D eigenvalue weighted by Crippen LogP contribution is 2.12. The molecule has 1 heterocycles. The van der Waals surface area contributed by atoms with Gasteiger partial charge in [0.2, 0.25) is 10.0 Å². The lowest BCUT2D eigenvalue weighted by atomic mass is 10.1. The van der Waals surface area contributed by atoms with Crippen LogP contribution in [0, 0.1) is 0 Å². The average Bonchev–Trinajstić information content (AvgIpc) is 3.24. The van der Waals surface area contributed by atoms with Crippen LogP contribution in [0.3, 0.4) is 0 Å². The largest absolute Gasteiger partial charge is 0.468 e. The van der Waals surface area contributed by atoms with Crippen molar-refractivity contribution < 1.29 is 17.6 Å². The fourth-order valence-electron chi connectivity index (χ4n) is 2.69. The second kappa shape index (κ2) is 9.34. The molecule has 0 atom stereocenters. The Kier molecular flexibility index (Phi) is 6.62. The molecule has 2 N–H and O–H groups in total. The molecule has 0 fully saturated rings. The van der Waals surface area contributed by atoms with E-state index in [0.29, 0.717) is 17.9 Å². The number of hydrogen-bond acceptors (Lipinski definition) is 4. The Bertz CT molecular complexity index is 983. The maximum Gasteiger partial charge on any atom is 0.251 e. The van der Waals surface area contributed by atoms with Crippen LogP contribution in [0.4, 0.5) is 0 Å². The Morgan fingerprint density at radius 1 is 0.929 bits per heavy atom. The number of benzene rings is 2. The molecule has 1 aromatic heterocycles. The molecule has 7 heteroatoms. The third kappa shape index (κ3) is 5.55. The van der Waals surface area contributed by atoms with Gasteiger partial charge in [0.25, 0.3) is 5.91 Å². The van der Waals surface area contributed by atoms with Crippen molar-refractivity contribution in [1.82, 2.24) is 10.0 Å². The lowest BCUT2D eigenvalue weighted by Gasteiger charge is -2.08. The minimum atomic E-state index is -3.67. The summed E-state index contributed by atoms with van der Waals surface area (Å²) < 4.78 is 32.2. The highest BCUT2D eigenvalue weighted by molar-refractivity contribution is 7.89. The molecule has 0 unspecified atom stereocenters. The van der Waals surface area contributed by atoms with E-state index >= 15 is 0 Å². The molecule has 28 heavy (non-hydrogen) atoms. The smallest absolute Gasteiger partial charge is 0.251 e. The second-order valence-electron chi connectivity index (χ2n) is 6.27. The average molecular weight is 398 g/mol.